The topological polar surface area (TPSA) is 58.8 Å². The molecule has 2 rings (SSSR count). The van der Waals surface area contributed by atoms with Gasteiger partial charge in [0, 0.05) is 16.8 Å². The van der Waals surface area contributed by atoms with Gasteiger partial charge in [-0.3, -0.25) is 0 Å². The molecule has 0 radical (unpaired) electrons. The molecule has 0 atom stereocenters. The smallest absolute Gasteiger partial charge is 0.323 e. The molecule has 1 aromatic carbocycles. The van der Waals surface area contributed by atoms with Crippen LogP contribution < -0.4 is 4.74 Å². The zero-order valence-electron chi connectivity index (χ0n) is 9.32. The summed E-state index contributed by atoms with van der Waals surface area (Å²) in [7, 11) is 0. The predicted octanol–water partition coefficient (Wildman–Crippen LogP) is 3.76. The van der Waals surface area contributed by atoms with Crippen LogP contribution in [-0.2, 0) is 0 Å². The van der Waals surface area contributed by atoms with Gasteiger partial charge in [-0.15, -0.1) is 0 Å². The van der Waals surface area contributed by atoms with Gasteiger partial charge in [0.05, 0.1) is 5.02 Å². The summed E-state index contributed by atoms with van der Waals surface area (Å²) in [6.07, 6.45) is 0. The summed E-state index contributed by atoms with van der Waals surface area (Å²) in [4.78, 5) is 7.98. The van der Waals surface area contributed by atoms with Crippen LogP contribution in [0.1, 0.15) is 11.4 Å². The van der Waals surface area contributed by atoms with E-state index < -0.39 is 0 Å². The van der Waals surface area contributed by atoms with E-state index in [1.807, 2.05) is 6.07 Å². The molecule has 0 aliphatic carbocycles. The summed E-state index contributed by atoms with van der Waals surface area (Å²) in [5.41, 5.74) is 0.866. The molecule has 0 unspecified atom stereocenters. The number of nitriles is 1. The van der Waals surface area contributed by atoms with E-state index >= 15 is 0 Å². The SMILES string of the molecule is Cc1cc(C#N)nc(Oc2cc(Cl)ccc2Cl)n1. The monoisotopic (exact) mass is 279 g/mol. The van der Waals surface area contributed by atoms with E-state index in [1.54, 1.807) is 31.2 Å². The van der Waals surface area contributed by atoms with Crippen LogP contribution in [0.3, 0.4) is 0 Å². The zero-order chi connectivity index (χ0) is 13.1. The van der Waals surface area contributed by atoms with Crippen LogP contribution in [0.5, 0.6) is 11.8 Å². The lowest BCUT2D eigenvalue weighted by atomic mass is 10.3. The Morgan fingerprint density at radius 3 is 2.72 bits per heavy atom. The largest absolute Gasteiger partial charge is 0.423 e. The minimum Gasteiger partial charge on any atom is -0.423 e. The quantitative estimate of drug-likeness (QED) is 0.840. The standard InChI is InChI=1S/C12H7Cl2N3O/c1-7-4-9(6-15)17-12(16-7)18-11-5-8(13)2-3-10(11)14/h2-5H,1H3. The molecule has 18 heavy (non-hydrogen) atoms. The van der Waals surface area contributed by atoms with Crippen molar-refractivity contribution in [3.63, 3.8) is 0 Å². The third kappa shape index (κ3) is 2.89. The summed E-state index contributed by atoms with van der Waals surface area (Å²) in [5.74, 6) is 0.346. The van der Waals surface area contributed by atoms with Crippen LogP contribution in [0.2, 0.25) is 10.0 Å². The molecule has 0 amide bonds. The number of hydrogen-bond acceptors (Lipinski definition) is 4. The van der Waals surface area contributed by atoms with Gasteiger partial charge >= 0.3 is 6.01 Å². The molecule has 0 saturated heterocycles. The Morgan fingerprint density at radius 2 is 2.00 bits per heavy atom. The Bertz CT molecular complexity index is 638. The van der Waals surface area contributed by atoms with Gasteiger partial charge in [-0.05, 0) is 25.1 Å². The molecule has 1 aromatic heterocycles. The van der Waals surface area contributed by atoms with Gasteiger partial charge < -0.3 is 4.74 Å². The molecule has 1 heterocycles. The summed E-state index contributed by atoms with van der Waals surface area (Å²) >= 11 is 11.8. The minimum atomic E-state index is 0.0655. The van der Waals surface area contributed by atoms with Crippen LogP contribution in [-0.4, -0.2) is 9.97 Å². The first-order valence-electron chi connectivity index (χ1n) is 4.97. The van der Waals surface area contributed by atoms with Gasteiger partial charge in [-0.2, -0.15) is 10.2 Å². The third-order valence-electron chi connectivity index (χ3n) is 2.04. The van der Waals surface area contributed by atoms with Gasteiger partial charge in [-0.25, -0.2) is 4.98 Å². The van der Waals surface area contributed by atoms with E-state index in [1.165, 1.54) is 0 Å². The molecule has 90 valence electrons. The molecule has 0 aliphatic rings. The first-order chi connectivity index (χ1) is 8.58. The van der Waals surface area contributed by atoms with E-state index in [-0.39, 0.29) is 11.7 Å². The van der Waals surface area contributed by atoms with Gasteiger partial charge in [-0.1, -0.05) is 23.2 Å². The first-order valence-corrected chi connectivity index (χ1v) is 5.73. The number of nitrogens with zero attached hydrogens (tertiary/aromatic N) is 3. The molecule has 4 nitrogen and oxygen atoms in total. The highest BCUT2D eigenvalue weighted by molar-refractivity contribution is 6.34. The zero-order valence-corrected chi connectivity index (χ0v) is 10.8. The molecule has 0 spiro atoms. The predicted molar refractivity (Wildman–Crippen MR) is 68.0 cm³/mol. The number of halogens is 2. The van der Waals surface area contributed by atoms with Crippen molar-refractivity contribution in [2.24, 2.45) is 0 Å². The lowest BCUT2D eigenvalue weighted by Gasteiger charge is -2.06. The average Bonchev–Trinajstić information content (AvgIpc) is 2.33. The first kappa shape index (κ1) is 12.6. The number of rotatable bonds is 2. The Labute approximate surface area is 114 Å². The number of aryl methyl sites for hydroxylation is 1. The summed E-state index contributed by atoms with van der Waals surface area (Å²) in [6, 6.07) is 8.37. The second-order valence-corrected chi connectivity index (χ2v) is 4.31. The number of aromatic nitrogens is 2. The molecule has 0 bridgehead atoms. The van der Waals surface area contributed by atoms with Gasteiger partial charge in [0.15, 0.2) is 5.75 Å². The fourth-order valence-electron chi connectivity index (χ4n) is 1.30. The van der Waals surface area contributed by atoms with Crippen LogP contribution in [0.15, 0.2) is 24.3 Å². The fraction of sp³-hybridized carbons (Fsp3) is 0.0833. The lowest BCUT2D eigenvalue weighted by molar-refractivity contribution is 0.440. The Balaban J connectivity index is 2.37. The van der Waals surface area contributed by atoms with Crippen molar-refractivity contribution in [3.8, 4) is 17.8 Å². The van der Waals surface area contributed by atoms with E-state index in [0.717, 1.165) is 0 Å². The second kappa shape index (κ2) is 5.21. The van der Waals surface area contributed by atoms with Gasteiger partial charge in [0.1, 0.15) is 11.8 Å². The van der Waals surface area contributed by atoms with Crippen molar-refractivity contribution < 1.29 is 4.74 Å². The Hall–Kier alpha value is -1.83. The Kier molecular flexibility index (Phi) is 3.66. The van der Waals surface area contributed by atoms with Crippen molar-refractivity contribution in [3.05, 3.63) is 45.7 Å². The van der Waals surface area contributed by atoms with Crippen LogP contribution >= 0.6 is 23.2 Å². The second-order valence-electron chi connectivity index (χ2n) is 3.47. The normalized spacial score (nSPS) is 9.89. The van der Waals surface area contributed by atoms with E-state index in [2.05, 4.69) is 9.97 Å². The minimum absolute atomic E-state index is 0.0655. The Morgan fingerprint density at radius 1 is 1.22 bits per heavy atom. The van der Waals surface area contributed by atoms with E-state index in [4.69, 9.17) is 33.2 Å². The molecule has 0 aliphatic heterocycles. The maximum Gasteiger partial charge on any atom is 0.323 e. The highest BCUT2D eigenvalue weighted by Crippen LogP contribution is 2.30. The molecule has 2 aromatic rings. The van der Waals surface area contributed by atoms with Gasteiger partial charge in [0.25, 0.3) is 0 Å². The highest BCUT2D eigenvalue weighted by Gasteiger charge is 2.08. The van der Waals surface area contributed by atoms with Crippen LogP contribution in [0, 0.1) is 18.3 Å². The fourth-order valence-corrected chi connectivity index (χ4v) is 1.62. The number of benzene rings is 1. The molecule has 0 fully saturated rings. The van der Waals surface area contributed by atoms with Gasteiger partial charge in [0.2, 0.25) is 0 Å². The van der Waals surface area contributed by atoms with E-state index in [9.17, 15) is 0 Å². The maximum absolute atomic E-state index is 8.81. The summed E-state index contributed by atoms with van der Waals surface area (Å²) < 4.78 is 5.42. The van der Waals surface area contributed by atoms with Crippen molar-refractivity contribution in [2.45, 2.75) is 6.92 Å². The summed E-state index contributed by atoms with van der Waals surface area (Å²) in [6.45, 7) is 1.74. The van der Waals surface area contributed by atoms with Crippen LogP contribution in [0.4, 0.5) is 0 Å². The molecular formula is C12H7Cl2N3O. The molecule has 0 saturated carbocycles. The summed E-state index contributed by atoms with van der Waals surface area (Å²) in [5, 5.41) is 9.69. The average molecular weight is 280 g/mol. The number of ether oxygens (including phenoxy) is 1. The van der Waals surface area contributed by atoms with Crippen molar-refractivity contribution in [1.82, 2.24) is 9.97 Å². The molecular weight excluding hydrogens is 273 g/mol. The highest BCUT2D eigenvalue weighted by atomic mass is 35.5. The van der Waals surface area contributed by atoms with E-state index in [0.29, 0.717) is 21.5 Å². The van der Waals surface area contributed by atoms with Crippen LogP contribution in [0.25, 0.3) is 0 Å². The maximum atomic E-state index is 8.81. The van der Waals surface area contributed by atoms with Crippen molar-refractivity contribution in [2.75, 3.05) is 0 Å². The molecule has 0 N–H and O–H groups in total. The van der Waals surface area contributed by atoms with Crippen molar-refractivity contribution >= 4 is 23.2 Å². The van der Waals surface area contributed by atoms with Crippen molar-refractivity contribution in [1.29, 1.82) is 5.26 Å². The third-order valence-corrected chi connectivity index (χ3v) is 2.59. The number of hydrogen-bond donors (Lipinski definition) is 0. The lowest BCUT2D eigenvalue weighted by Crippen LogP contribution is -1.96. The molecule has 6 heteroatoms.